The van der Waals surface area contributed by atoms with Crippen molar-refractivity contribution in [2.45, 2.75) is 16.0 Å². The van der Waals surface area contributed by atoms with Crippen LogP contribution in [0.4, 0.5) is 22.0 Å². The molecule has 23 heavy (non-hydrogen) atoms. The van der Waals surface area contributed by atoms with Gasteiger partial charge >= 0.3 is 6.18 Å². The summed E-state index contributed by atoms with van der Waals surface area (Å²) in [6.07, 6.45) is -5.07. The molecule has 0 spiro atoms. The van der Waals surface area contributed by atoms with Crippen molar-refractivity contribution in [1.82, 2.24) is 0 Å². The van der Waals surface area contributed by atoms with E-state index in [0.717, 1.165) is 6.07 Å². The fourth-order valence-corrected chi connectivity index (χ4v) is 3.09. The summed E-state index contributed by atoms with van der Waals surface area (Å²) in [6, 6.07) is 4.83. The molecule has 0 bridgehead atoms. The van der Waals surface area contributed by atoms with Gasteiger partial charge in [-0.2, -0.15) is 18.4 Å². The van der Waals surface area contributed by atoms with E-state index in [1.807, 2.05) is 0 Å². The Kier molecular flexibility index (Phi) is 4.13. The lowest BCUT2D eigenvalue weighted by Crippen LogP contribution is -2.11. The van der Waals surface area contributed by atoms with Crippen LogP contribution in [-0.2, 0) is 16.0 Å². The lowest BCUT2D eigenvalue weighted by molar-refractivity contribution is -0.140. The van der Waals surface area contributed by atoms with E-state index in [-0.39, 0.29) is 6.07 Å². The van der Waals surface area contributed by atoms with Crippen LogP contribution in [0.15, 0.2) is 46.2 Å². The molecule has 2 aromatic rings. The van der Waals surface area contributed by atoms with E-state index in [4.69, 9.17) is 5.26 Å². The average molecular weight is 347 g/mol. The van der Waals surface area contributed by atoms with Crippen molar-refractivity contribution in [2.75, 3.05) is 0 Å². The maximum Gasteiger partial charge on any atom is 0.419 e. The van der Waals surface area contributed by atoms with Crippen LogP contribution in [0.2, 0.25) is 0 Å². The Labute approximate surface area is 127 Å². The van der Waals surface area contributed by atoms with Crippen LogP contribution < -0.4 is 0 Å². The van der Waals surface area contributed by atoms with E-state index in [9.17, 15) is 30.4 Å². The predicted molar refractivity (Wildman–Crippen MR) is 68.0 cm³/mol. The number of hydrogen-bond donors (Lipinski definition) is 0. The van der Waals surface area contributed by atoms with Crippen molar-refractivity contribution in [1.29, 1.82) is 5.26 Å². The second-order valence-corrected chi connectivity index (χ2v) is 6.35. The van der Waals surface area contributed by atoms with Gasteiger partial charge in [-0.1, -0.05) is 0 Å². The number of hydrogen-bond acceptors (Lipinski definition) is 3. The number of halogens is 5. The lowest BCUT2D eigenvalue weighted by Gasteiger charge is -2.11. The minimum absolute atomic E-state index is 0.153. The molecule has 0 amide bonds. The highest BCUT2D eigenvalue weighted by molar-refractivity contribution is 7.91. The van der Waals surface area contributed by atoms with Gasteiger partial charge in [-0.25, -0.2) is 17.2 Å². The third kappa shape index (κ3) is 3.17. The molecule has 0 heterocycles. The zero-order valence-electron chi connectivity index (χ0n) is 11.0. The SMILES string of the molecule is N#Cc1cc(S(=O)(=O)c2ccc(F)c(C(F)(F)F)c2)ccc1F. The maximum atomic E-state index is 13.2. The maximum absolute atomic E-state index is 13.2. The molecule has 0 N–H and O–H groups in total. The lowest BCUT2D eigenvalue weighted by atomic mass is 10.2. The quantitative estimate of drug-likeness (QED) is 0.615. The van der Waals surface area contributed by atoms with E-state index in [2.05, 4.69) is 0 Å². The van der Waals surface area contributed by atoms with Gasteiger partial charge in [0, 0.05) is 0 Å². The van der Waals surface area contributed by atoms with Gasteiger partial charge in [0.25, 0.3) is 0 Å². The van der Waals surface area contributed by atoms with Crippen LogP contribution in [0, 0.1) is 23.0 Å². The molecular formula is C14H6F5NO2S. The smallest absolute Gasteiger partial charge is 0.219 e. The second-order valence-electron chi connectivity index (χ2n) is 4.40. The molecule has 3 nitrogen and oxygen atoms in total. The largest absolute Gasteiger partial charge is 0.419 e. The van der Waals surface area contributed by atoms with Gasteiger partial charge in [-0.15, -0.1) is 0 Å². The molecule has 0 aliphatic rings. The number of nitriles is 1. The standard InChI is InChI=1S/C14H6F5NO2S/c15-12-3-1-9(5-8(12)7-20)23(21,22)10-2-4-13(16)11(6-10)14(17,18)19/h1-6H. The van der Waals surface area contributed by atoms with E-state index >= 15 is 0 Å². The van der Waals surface area contributed by atoms with E-state index in [1.54, 1.807) is 0 Å². The van der Waals surface area contributed by atoms with Gasteiger partial charge in [-0.3, -0.25) is 0 Å². The second kappa shape index (κ2) is 5.62. The molecule has 2 aromatic carbocycles. The average Bonchev–Trinajstić information content (AvgIpc) is 2.46. The summed E-state index contributed by atoms with van der Waals surface area (Å²) < 4.78 is 89.0. The summed E-state index contributed by atoms with van der Waals surface area (Å²) in [7, 11) is -4.47. The van der Waals surface area contributed by atoms with Crippen LogP contribution in [0.1, 0.15) is 11.1 Å². The number of sulfone groups is 1. The summed E-state index contributed by atoms with van der Waals surface area (Å²) in [6.45, 7) is 0. The Morgan fingerprint density at radius 2 is 1.43 bits per heavy atom. The first-order valence-corrected chi connectivity index (χ1v) is 7.37. The van der Waals surface area contributed by atoms with Crippen LogP contribution in [0.3, 0.4) is 0 Å². The Hall–Kier alpha value is -2.47. The predicted octanol–water partition coefficient (Wildman–Crippen LogP) is 3.69. The van der Waals surface area contributed by atoms with Crippen molar-refractivity contribution in [2.24, 2.45) is 0 Å². The van der Waals surface area contributed by atoms with Crippen LogP contribution >= 0.6 is 0 Å². The fourth-order valence-electron chi connectivity index (χ4n) is 1.78. The molecule has 0 aromatic heterocycles. The summed E-state index contributed by atoms with van der Waals surface area (Å²) in [5, 5.41) is 8.68. The highest BCUT2D eigenvalue weighted by Gasteiger charge is 2.35. The topological polar surface area (TPSA) is 57.9 Å². The molecule has 120 valence electrons. The highest BCUT2D eigenvalue weighted by atomic mass is 32.2. The first-order chi connectivity index (χ1) is 10.6. The number of benzene rings is 2. The van der Waals surface area contributed by atoms with Gasteiger partial charge in [0.1, 0.15) is 17.7 Å². The summed E-state index contributed by atoms with van der Waals surface area (Å²) in [5.41, 5.74) is -2.31. The van der Waals surface area contributed by atoms with Gasteiger partial charge in [0.15, 0.2) is 0 Å². The van der Waals surface area contributed by atoms with Crippen molar-refractivity contribution < 1.29 is 30.4 Å². The van der Waals surface area contributed by atoms with Crippen LogP contribution in [0.5, 0.6) is 0 Å². The molecule has 0 saturated carbocycles. The zero-order valence-corrected chi connectivity index (χ0v) is 11.8. The molecular weight excluding hydrogens is 341 g/mol. The number of rotatable bonds is 2. The molecule has 0 aliphatic carbocycles. The summed E-state index contributed by atoms with van der Waals surface area (Å²) in [5.74, 6) is -2.59. The molecule has 9 heteroatoms. The monoisotopic (exact) mass is 347 g/mol. The molecule has 0 saturated heterocycles. The van der Waals surface area contributed by atoms with E-state index in [0.29, 0.717) is 24.3 Å². The van der Waals surface area contributed by atoms with Crippen molar-refractivity contribution in [3.63, 3.8) is 0 Å². The van der Waals surface area contributed by atoms with Gasteiger partial charge in [0.05, 0.1) is 20.9 Å². The first kappa shape index (κ1) is 16.9. The Morgan fingerprint density at radius 1 is 0.913 bits per heavy atom. The van der Waals surface area contributed by atoms with Gasteiger partial charge in [0.2, 0.25) is 9.84 Å². The zero-order chi connectivity index (χ0) is 17.4. The molecule has 0 radical (unpaired) electrons. The molecule has 0 aliphatic heterocycles. The molecule has 0 unspecified atom stereocenters. The number of nitrogens with zero attached hydrogens (tertiary/aromatic N) is 1. The van der Waals surface area contributed by atoms with Gasteiger partial charge in [-0.05, 0) is 36.4 Å². The summed E-state index contributed by atoms with van der Waals surface area (Å²) in [4.78, 5) is -1.39. The Bertz CT molecular complexity index is 914. The Balaban J connectivity index is 2.64. The third-order valence-electron chi connectivity index (χ3n) is 2.92. The number of alkyl halides is 3. The van der Waals surface area contributed by atoms with Crippen LogP contribution in [-0.4, -0.2) is 8.42 Å². The molecule has 2 rings (SSSR count). The minimum Gasteiger partial charge on any atom is -0.219 e. The van der Waals surface area contributed by atoms with E-state index < -0.39 is 48.6 Å². The van der Waals surface area contributed by atoms with Gasteiger partial charge < -0.3 is 0 Å². The van der Waals surface area contributed by atoms with Crippen molar-refractivity contribution >= 4 is 9.84 Å². The fraction of sp³-hybridized carbons (Fsp3) is 0.0714. The van der Waals surface area contributed by atoms with E-state index in [1.165, 1.54) is 6.07 Å². The molecule has 0 fully saturated rings. The Morgan fingerprint density at radius 3 is 1.96 bits per heavy atom. The van der Waals surface area contributed by atoms with Crippen molar-refractivity contribution in [3.05, 3.63) is 59.2 Å². The van der Waals surface area contributed by atoms with Crippen LogP contribution in [0.25, 0.3) is 0 Å². The third-order valence-corrected chi connectivity index (χ3v) is 4.67. The minimum atomic E-state index is -5.07. The first-order valence-electron chi connectivity index (χ1n) is 5.89. The summed E-state index contributed by atoms with van der Waals surface area (Å²) >= 11 is 0. The highest BCUT2D eigenvalue weighted by Crippen LogP contribution is 2.34. The van der Waals surface area contributed by atoms with Crippen molar-refractivity contribution in [3.8, 4) is 6.07 Å². The molecule has 0 atom stereocenters. The normalized spacial score (nSPS) is 12.0.